The molecule has 1 heterocycles. The van der Waals surface area contributed by atoms with Crippen LogP contribution in [0, 0.1) is 5.92 Å². The van der Waals surface area contributed by atoms with Gasteiger partial charge in [-0.1, -0.05) is 24.9 Å². The Morgan fingerprint density at radius 1 is 1.38 bits per heavy atom. The molecule has 0 unspecified atom stereocenters. The van der Waals surface area contributed by atoms with E-state index in [0.717, 1.165) is 16.2 Å². The summed E-state index contributed by atoms with van der Waals surface area (Å²) in [6.07, 6.45) is 8.08. The van der Waals surface area contributed by atoms with E-state index in [0.29, 0.717) is 11.1 Å². The molecule has 16 heavy (non-hydrogen) atoms. The lowest BCUT2D eigenvalue weighted by Crippen LogP contribution is -2.14. The van der Waals surface area contributed by atoms with Gasteiger partial charge in [0.25, 0.3) is 0 Å². The number of hydrogen-bond donors (Lipinski definition) is 0. The van der Waals surface area contributed by atoms with E-state index in [2.05, 4.69) is 32.8 Å². The molecule has 0 atom stereocenters. The molecule has 2 nitrogen and oxygen atoms in total. The van der Waals surface area contributed by atoms with Gasteiger partial charge >= 0.3 is 0 Å². The molecule has 0 N–H and O–H groups in total. The van der Waals surface area contributed by atoms with E-state index >= 15 is 0 Å². The number of nitrogens with zero attached hydrogens (tertiary/aromatic N) is 2. The van der Waals surface area contributed by atoms with Crippen molar-refractivity contribution in [1.29, 1.82) is 0 Å². The first kappa shape index (κ1) is 12.3. The van der Waals surface area contributed by atoms with E-state index < -0.39 is 0 Å². The second kappa shape index (κ2) is 5.46. The Labute approximate surface area is 110 Å². The van der Waals surface area contributed by atoms with Gasteiger partial charge in [-0.2, -0.15) is 0 Å². The van der Waals surface area contributed by atoms with E-state index in [-0.39, 0.29) is 0 Å². The fourth-order valence-electron chi connectivity index (χ4n) is 2.38. The third-order valence-corrected chi connectivity index (χ3v) is 4.61. The van der Waals surface area contributed by atoms with Crippen LogP contribution in [0.5, 0.6) is 0 Å². The van der Waals surface area contributed by atoms with E-state index in [1.807, 2.05) is 0 Å². The third-order valence-electron chi connectivity index (χ3n) is 3.51. The molecule has 1 aromatic rings. The summed E-state index contributed by atoms with van der Waals surface area (Å²) in [5, 5.41) is 0.530. The lowest BCUT2D eigenvalue weighted by atomic mass is 9.80. The van der Waals surface area contributed by atoms with Gasteiger partial charge in [0.05, 0.1) is 4.47 Å². The van der Waals surface area contributed by atoms with Crippen molar-refractivity contribution >= 4 is 27.5 Å². The minimum Gasteiger partial charge on any atom is -0.240 e. The lowest BCUT2D eigenvalue weighted by Gasteiger charge is -2.26. The van der Waals surface area contributed by atoms with E-state index in [1.54, 1.807) is 6.20 Å². The topological polar surface area (TPSA) is 25.8 Å². The number of rotatable bonds is 2. The fraction of sp³-hybridized carbons (Fsp3) is 0.667. The minimum absolute atomic E-state index is 0.508. The second-order valence-electron chi connectivity index (χ2n) is 4.49. The van der Waals surface area contributed by atoms with Gasteiger partial charge in [-0.25, -0.2) is 9.97 Å². The Hall–Kier alpha value is -0.150. The summed E-state index contributed by atoms with van der Waals surface area (Å²) < 4.78 is 0.778. The molecular formula is C12H16BrClN2. The number of halogens is 2. The van der Waals surface area contributed by atoms with Gasteiger partial charge in [-0.05, 0) is 47.5 Å². The van der Waals surface area contributed by atoms with E-state index in [1.165, 1.54) is 32.1 Å². The van der Waals surface area contributed by atoms with Crippen molar-refractivity contribution in [3.63, 3.8) is 0 Å². The SMILES string of the molecule is CCC1CCC(c2ncc(Br)c(Cl)n2)CC1. The molecular weight excluding hydrogens is 288 g/mol. The predicted molar refractivity (Wildman–Crippen MR) is 69.7 cm³/mol. The van der Waals surface area contributed by atoms with Gasteiger partial charge in [0.1, 0.15) is 11.0 Å². The Balaban J connectivity index is 2.05. The first-order valence-corrected chi connectivity index (χ1v) is 7.05. The first-order chi connectivity index (χ1) is 7.70. The first-order valence-electron chi connectivity index (χ1n) is 5.88. The summed E-state index contributed by atoms with van der Waals surface area (Å²) in [7, 11) is 0. The molecule has 1 aromatic heterocycles. The van der Waals surface area contributed by atoms with Crippen LogP contribution in [-0.2, 0) is 0 Å². The van der Waals surface area contributed by atoms with Crippen LogP contribution >= 0.6 is 27.5 Å². The van der Waals surface area contributed by atoms with Crippen molar-refractivity contribution < 1.29 is 0 Å². The average molecular weight is 304 g/mol. The van der Waals surface area contributed by atoms with Gasteiger partial charge < -0.3 is 0 Å². The zero-order chi connectivity index (χ0) is 11.5. The number of aromatic nitrogens is 2. The molecule has 1 aliphatic carbocycles. The molecule has 0 amide bonds. The van der Waals surface area contributed by atoms with Crippen molar-refractivity contribution in [2.24, 2.45) is 5.92 Å². The van der Waals surface area contributed by atoms with Crippen LogP contribution in [0.1, 0.15) is 50.8 Å². The minimum atomic E-state index is 0.508. The molecule has 0 radical (unpaired) electrons. The average Bonchev–Trinajstić information content (AvgIpc) is 2.33. The van der Waals surface area contributed by atoms with Crippen molar-refractivity contribution in [3.8, 4) is 0 Å². The van der Waals surface area contributed by atoms with Crippen molar-refractivity contribution in [3.05, 3.63) is 21.6 Å². The molecule has 0 spiro atoms. The van der Waals surface area contributed by atoms with E-state index in [9.17, 15) is 0 Å². The molecule has 4 heteroatoms. The highest BCUT2D eigenvalue weighted by atomic mass is 79.9. The summed E-state index contributed by atoms with van der Waals surface area (Å²) in [6, 6.07) is 0. The van der Waals surface area contributed by atoms with Crippen molar-refractivity contribution in [2.45, 2.75) is 44.9 Å². The summed E-state index contributed by atoms with van der Waals surface area (Å²) in [4.78, 5) is 8.73. The monoisotopic (exact) mass is 302 g/mol. The second-order valence-corrected chi connectivity index (χ2v) is 5.71. The molecule has 0 aliphatic heterocycles. The van der Waals surface area contributed by atoms with Gasteiger partial charge in [0, 0.05) is 12.1 Å². The molecule has 2 rings (SSSR count). The lowest BCUT2D eigenvalue weighted by molar-refractivity contribution is 0.312. The predicted octanol–water partition coefficient (Wildman–Crippen LogP) is 4.58. The highest BCUT2D eigenvalue weighted by Gasteiger charge is 2.23. The van der Waals surface area contributed by atoms with Gasteiger partial charge in [-0.15, -0.1) is 0 Å². The van der Waals surface area contributed by atoms with Crippen LogP contribution in [0.25, 0.3) is 0 Å². The molecule has 1 fully saturated rings. The Bertz CT molecular complexity index is 362. The van der Waals surface area contributed by atoms with Crippen LogP contribution in [0.4, 0.5) is 0 Å². The largest absolute Gasteiger partial charge is 0.240 e. The molecule has 1 aliphatic rings. The van der Waals surface area contributed by atoms with Crippen LogP contribution in [0.15, 0.2) is 10.7 Å². The van der Waals surface area contributed by atoms with Crippen molar-refractivity contribution in [1.82, 2.24) is 9.97 Å². The maximum atomic E-state index is 5.99. The molecule has 0 saturated heterocycles. The van der Waals surface area contributed by atoms with Crippen LogP contribution in [0.2, 0.25) is 5.15 Å². The summed E-state index contributed by atoms with van der Waals surface area (Å²) in [5.74, 6) is 2.33. The third kappa shape index (κ3) is 2.75. The van der Waals surface area contributed by atoms with Crippen LogP contribution < -0.4 is 0 Å². The fourth-order valence-corrected chi connectivity index (χ4v) is 2.71. The van der Waals surface area contributed by atoms with Gasteiger partial charge in [0.15, 0.2) is 0 Å². The smallest absolute Gasteiger partial charge is 0.146 e. The summed E-state index contributed by atoms with van der Waals surface area (Å²) >= 11 is 9.31. The zero-order valence-electron chi connectivity index (χ0n) is 9.42. The summed E-state index contributed by atoms with van der Waals surface area (Å²) in [5.41, 5.74) is 0. The Morgan fingerprint density at radius 3 is 2.62 bits per heavy atom. The van der Waals surface area contributed by atoms with Crippen LogP contribution in [0.3, 0.4) is 0 Å². The Kier molecular flexibility index (Phi) is 4.20. The van der Waals surface area contributed by atoms with Crippen molar-refractivity contribution in [2.75, 3.05) is 0 Å². The Morgan fingerprint density at radius 2 is 2.06 bits per heavy atom. The molecule has 88 valence electrons. The van der Waals surface area contributed by atoms with E-state index in [4.69, 9.17) is 11.6 Å². The molecule has 1 saturated carbocycles. The highest BCUT2D eigenvalue weighted by molar-refractivity contribution is 9.10. The van der Waals surface area contributed by atoms with Gasteiger partial charge in [0.2, 0.25) is 0 Å². The van der Waals surface area contributed by atoms with Crippen LogP contribution in [-0.4, -0.2) is 9.97 Å². The van der Waals surface area contributed by atoms with Gasteiger partial charge in [-0.3, -0.25) is 0 Å². The standard InChI is InChI=1S/C12H16BrClN2/c1-2-8-3-5-9(6-4-8)12-15-7-10(13)11(14)16-12/h7-9H,2-6H2,1H3. The quantitative estimate of drug-likeness (QED) is 0.748. The molecule has 0 aromatic carbocycles. The maximum Gasteiger partial charge on any atom is 0.146 e. The zero-order valence-corrected chi connectivity index (χ0v) is 11.8. The summed E-state index contributed by atoms with van der Waals surface area (Å²) in [6.45, 7) is 2.28. The number of hydrogen-bond acceptors (Lipinski definition) is 2. The normalized spacial score (nSPS) is 25.7. The maximum absolute atomic E-state index is 5.99. The molecule has 0 bridgehead atoms. The highest BCUT2D eigenvalue weighted by Crippen LogP contribution is 2.36.